The molecule has 20 heavy (non-hydrogen) atoms. The highest BCUT2D eigenvalue weighted by molar-refractivity contribution is 7.62. The van der Waals surface area contributed by atoms with Crippen LogP contribution in [0.5, 0.6) is 0 Å². The summed E-state index contributed by atoms with van der Waals surface area (Å²) in [6.45, 7) is 10.1. The van der Waals surface area contributed by atoms with Gasteiger partial charge in [-0.3, -0.25) is 0 Å². The van der Waals surface area contributed by atoms with Crippen LogP contribution in [0.1, 0.15) is 25.8 Å². The maximum absolute atomic E-state index is 11.5. The largest absolute Gasteiger partial charge is 0.337 e. The molecule has 0 spiro atoms. The van der Waals surface area contributed by atoms with Crippen LogP contribution in [0, 0.1) is 6.92 Å². The van der Waals surface area contributed by atoms with Crippen molar-refractivity contribution in [2.45, 2.75) is 27.2 Å². The molecule has 0 bridgehead atoms. The Balaban J connectivity index is 0.00000110. The number of hydrogen-bond donors (Lipinski definition) is 2. The van der Waals surface area contributed by atoms with E-state index in [0.717, 1.165) is 11.3 Å². The summed E-state index contributed by atoms with van der Waals surface area (Å²) in [6, 6.07) is 7.30. The van der Waals surface area contributed by atoms with Crippen LogP contribution in [0.2, 0.25) is 0 Å². The van der Waals surface area contributed by atoms with Crippen LogP contribution in [0.3, 0.4) is 0 Å². The molecule has 2 amide bonds. The molecule has 4 nitrogen and oxygen atoms in total. The number of aryl methyl sites for hydroxylation is 1. The van der Waals surface area contributed by atoms with Crippen LogP contribution in [0.25, 0.3) is 0 Å². The minimum atomic E-state index is -2.05. The van der Waals surface area contributed by atoms with Gasteiger partial charge in [0.15, 0.2) is 0 Å². The van der Waals surface area contributed by atoms with Crippen LogP contribution in [-0.4, -0.2) is 32.1 Å². The third-order valence-corrected chi connectivity index (χ3v) is 3.55. The van der Waals surface area contributed by atoms with Crippen LogP contribution in [0.4, 0.5) is 10.5 Å². The Morgan fingerprint density at radius 1 is 1.15 bits per heavy atom. The highest BCUT2D eigenvalue weighted by Gasteiger charge is 2.07. The topological polar surface area (TPSA) is 58.2 Å². The van der Waals surface area contributed by atoms with E-state index in [2.05, 4.69) is 24.5 Å². The van der Waals surface area contributed by atoms with Crippen molar-refractivity contribution >= 4 is 18.9 Å². The van der Waals surface area contributed by atoms with Crippen LogP contribution < -0.4 is 10.6 Å². The number of rotatable bonds is 4. The van der Waals surface area contributed by atoms with E-state index in [0.29, 0.717) is 12.7 Å². The van der Waals surface area contributed by atoms with Crippen molar-refractivity contribution in [3.05, 3.63) is 29.8 Å². The maximum Gasteiger partial charge on any atom is 0.319 e. The van der Waals surface area contributed by atoms with Crippen molar-refractivity contribution in [1.82, 2.24) is 5.32 Å². The number of urea groups is 1. The molecule has 1 rings (SSSR count). The van der Waals surface area contributed by atoms with Gasteiger partial charge in [0, 0.05) is 18.4 Å². The van der Waals surface area contributed by atoms with Crippen molar-refractivity contribution in [1.29, 1.82) is 0 Å². The summed E-state index contributed by atoms with van der Waals surface area (Å²) in [5.41, 5.74) is 1.90. The summed E-state index contributed by atoms with van der Waals surface area (Å²) in [7, 11) is -2.05. The van der Waals surface area contributed by atoms with E-state index in [-0.39, 0.29) is 6.03 Å². The molecule has 0 aliphatic carbocycles. The van der Waals surface area contributed by atoms with E-state index in [4.69, 9.17) is 0 Å². The van der Waals surface area contributed by atoms with Crippen molar-refractivity contribution in [2.75, 3.05) is 31.4 Å². The number of anilines is 1. The zero-order valence-corrected chi connectivity index (χ0v) is 14.1. The molecule has 0 aliphatic rings. The fourth-order valence-corrected chi connectivity index (χ4v) is 1.90. The molecule has 114 valence electrons. The first-order chi connectivity index (χ1) is 9.28. The SMILES string of the molecule is CCC.Cc1ccc(NC(=O)NCCP(C)(C)=O)cc1. The van der Waals surface area contributed by atoms with Gasteiger partial charge in [0.25, 0.3) is 0 Å². The standard InChI is InChI=1S/C12H19N2O2P.C3H8/c1-10-4-6-11(7-5-10)14-12(15)13-8-9-17(2,3)16;1-3-2/h4-7H,8-9H2,1-3H3,(H2,13,14,15);3H2,1-2H3. The predicted molar refractivity (Wildman–Crippen MR) is 88.5 cm³/mol. The van der Waals surface area contributed by atoms with Gasteiger partial charge < -0.3 is 15.2 Å². The monoisotopic (exact) mass is 298 g/mol. The summed E-state index contributed by atoms with van der Waals surface area (Å²) in [4.78, 5) is 11.5. The number of carbonyl (C=O) groups is 1. The second-order valence-electron chi connectivity index (χ2n) is 5.25. The molecule has 0 heterocycles. The van der Waals surface area contributed by atoms with Gasteiger partial charge in [0.05, 0.1) is 7.14 Å². The Hall–Kier alpha value is -1.28. The first kappa shape index (κ1) is 18.7. The smallest absolute Gasteiger partial charge is 0.319 e. The Kier molecular flexibility index (Phi) is 8.98. The number of carbonyl (C=O) groups excluding carboxylic acids is 1. The third kappa shape index (κ3) is 10.6. The van der Waals surface area contributed by atoms with E-state index in [1.807, 2.05) is 31.2 Å². The molecule has 1 aromatic carbocycles. The van der Waals surface area contributed by atoms with Gasteiger partial charge >= 0.3 is 6.03 Å². The number of hydrogen-bond acceptors (Lipinski definition) is 2. The number of amides is 2. The highest BCUT2D eigenvalue weighted by atomic mass is 31.2. The van der Waals surface area contributed by atoms with E-state index in [1.165, 1.54) is 6.42 Å². The third-order valence-electron chi connectivity index (χ3n) is 2.25. The fourth-order valence-electron chi connectivity index (χ4n) is 1.25. The molecule has 0 fully saturated rings. The molecule has 0 saturated carbocycles. The average Bonchev–Trinajstić information content (AvgIpc) is 2.31. The van der Waals surface area contributed by atoms with Crippen LogP contribution in [-0.2, 0) is 4.57 Å². The number of nitrogens with one attached hydrogen (secondary N) is 2. The van der Waals surface area contributed by atoms with Crippen molar-refractivity contribution in [2.24, 2.45) is 0 Å². The molecule has 0 unspecified atom stereocenters. The summed E-state index contributed by atoms with van der Waals surface area (Å²) in [6.07, 6.45) is 1.77. The first-order valence-electron chi connectivity index (χ1n) is 6.94. The van der Waals surface area contributed by atoms with Gasteiger partial charge in [-0.25, -0.2) is 4.79 Å². The second-order valence-corrected chi connectivity index (χ2v) is 8.85. The molecular weight excluding hydrogens is 271 g/mol. The Bertz CT molecular complexity index is 438. The Labute approximate surface area is 122 Å². The molecule has 0 atom stereocenters. The Morgan fingerprint density at radius 2 is 1.65 bits per heavy atom. The van der Waals surface area contributed by atoms with Gasteiger partial charge in [-0.2, -0.15) is 0 Å². The lowest BCUT2D eigenvalue weighted by atomic mass is 10.2. The second kappa shape index (κ2) is 9.60. The lowest BCUT2D eigenvalue weighted by molar-refractivity contribution is 0.252. The van der Waals surface area contributed by atoms with E-state index >= 15 is 0 Å². The molecule has 1 aromatic rings. The van der Waals surface area contributed by atoms with E-state index in [1.54, 1.807) is 13.3 Å². The zero-order valence-electron chi connectivity index (χ0n) is 13.2. The molecule has 0 radical (unpaired) electrons. The molecule has 5 heteroatoms. The lowest BCUT2D eigenvalue weighted by Gasteiger charge is -2.09. The summed E-state index contributed by atoms with van der Waals surface area (Å²) in [5, 5.41) is 5.40. The minimum Gasteiger partial charge on any atom is -0.337 e. The molecule has 2 N–H and O–H groups in total. The fraction of sp³-hybridized carbons (Fsp3) is 0.533. The van der Waals surface area contributed by atoms with Crippen molar-refractivity contribution in [3.63, 3.8) is 0 Å². The Morgan fingerprint density at radius 3 is 2.10 bits per heavy atom. The first-order valence-corrected chi connectivity index (χ1v) is 9.72. The van der Waals surface area contributed by atoms with Crippen LogP contribution >= 0.6 is 7.14 Å². The van der Waals surface area contributed by atoms with E-state index < -0.39 is 7.14 Å². The summed E-state index contributed by atoms with van der Waals surface area (Å²) in [5.74, 6) is 0. The highest BCUT2D eigenvalue weighted by Crippen LogP contribution is 2.34. The maximum atomic E-state index is 11.5. The quantitative estimate of drug-likeness (QED) is 0.820. The summed E-state index contributed by atoms with van der Waals surface area (Å²) >= 11 is 0. The van der Waals surface area contributed by atoms with E-state index in [9.17, 15) is 9.36 Å². The normalized spacial score (nSPS) is 10.2. The van der Waals surface area contributed by atoms with Gasteiger partial charge in [-0.1, -0.05) is 38.0 Å². The average molecular weight is 298 g/mol. The molecular formula is C15H27N2O2P. The van der Waals surface area contributed by atoms with Crippen molar-refractivity contribution < 1.29 is 9.36 Å². The molecule has 0 aromatic heterocycles. The van der Waals surface area contributed by atoms with Gasteiger partial charge in [0.1, 0.15) is 0 Å². The molecule has 0 aliphatic heterocycles. The number of benzene rings is 1. The predicted octanol–water partition coefficient (Wildman–Crippen LogP) is 4.16. The van der Waals surface area contributed by atoms with Crippen molar-refractivity contribution in [3.8, 4) is 0 Å². The van der Waals surface area contributed by atoms with Crippen LogP contribution in [0.15, 0.2) is 24.3 Å². The van der Waals surface area contributed by atoms with Gasteiger partial charge in [0.2, 0.25) is 0 Å². The zero-order chi connectivity index (χ0) is 15.6. The molecule has 0 saturated heterocycles. The minimum absolute atomic E-state index is 0.262. The van der Waals surface area contributed by atoms with Gasteiger partial charge in [-0.05, 0) is 32.4 Å². The van der Waals surface area contributed by atoms with Gasteiger partial charge in [-0.15, -0.1) is 0 Å². The lowest BCUT2D eigenvalue weighted by Crippen LogP contribution is -2.30. The summed E-state index contributed by atoms with van der Waals surface area (Å²) < 4.78 is 11.4.